The highest BCUT2D eigenvalue weighted by Gasteiger charge is 2.30. The van der Waals surface area contributed by atoms with Crippen LogP contribution in [0, 0.1) is 0 Å². The first kappa shape index (κ1) is 30.8. The molecule has 9 nitrogen and oxygen atoms in total. The average molecular weight is 692 g/mol. The molecule has 13 heteroatoms. The number of thiazole rings is 1. The third-order valence-corrected chi connectivity index (χ3v) is 11.6. The van der Waals surface area contributed by atoms with Crippen LogP contribution in [0.2, 0.25) is 0 Å². The molecular formula is C33H27N2O7S4-. The van der Waals surface area contributed by atoms with E-state index in [-0.39, 0.29) is 25.9 Å². The molecule has 0 N–H and O–H groups in total. The SMILES string of the molecule is O=S(=O)([O-])CCCN1/C(=C/c2sc3ccc4ccccc4c3[n+]2CCCS(=O)(=O)[O-])Oc2ccc(-c3csc4ccccc34)cc21. The molecule has 0 saturated carbocycles. The van der Waals surface area contributed by atoms with Crippen LogP contribution >= 0.6 is 22.7 Å². The van der Waals surface area contributed by atoms with Gasteiger partial charge in [-0.25, -0.2) is 16.8 Å². The van der Waals surface area contributed by atoms with Crippen LogP contribution in [0.25, 0.3) is 48.3 Å². The molecular weight excluding hydrogens is 665 g/mol. The Morgan fingerprint density at radius 1 is 0.826 bits per heavy atom. The number of fused-ring (bicyclic) bond motifs is 5. The Morgan fingerprint density at radius 3 is 2.37 bits per heavy atom. The van der Waals surface area contributed by atoms with Gasteiger partial charge in [-0.3, -0.25) is 0 Å². The second-order valence-corrected chi connectivity index (χ2v) is 16.0. The molecule has 7 rings (SSSR count). The minimum atomic E-state index is -4.42. The molecule has 0 atom stereocenters. The molecule has 236 valence electrons. The Hall–Kier alpha value is -3.85. The first-order valence-corrected chi connectivity index (χ1v) is 19.4. The van der Waals surface area contributed by atoms with Gasteiger partial charge in [0.15, 0.2) is 12.3 Å². The summed E-state index contributed by atoms with van der Waals surface area (Å²) < 4.78 is 79.4. The van der Waals surface area contributed by atoms with Crippen molar-refractivity contribution in [2.24, 2.45) is 0 Å². The van der Waals surface area contributed by atoms with Gasteiger partial charge in [-0.2, -0.15) is 4.57 Å². The minimum absolute atomic E-state index is 0.0932. The zero-order valence-corrected chi connectivity index (χ0v) is 27.6. The fourth-order valence-electron chi connectivity index (χ4n) is 5.92. The van der Waals surface area contributed by atoms with Crippen LogP contribution in [0.15, 0.2) is 90.1 Å². The van der Waals surface area contributed by atoms with Gasteiger partial charge in [-0.05, 0) is 53.1 Å². The molecule has 1 aliphatic heterocycles. The molecule has 3 heterocycles. The van der Waals surface area contributed by atoms with E-state index in [2.05, 4.69) is 17.5 Å². The Labute approximate surface area is 274 Å². The summed E-state index contributed by atoms with van der Waals surface area (Å²) in [7, 11) is -8.81. The summed E-state index contributed by atoms with van der Waals surface area (Å²) in [5, 5.41) is 6.02. The molecule has 1 aliphatic rings. The molecule has 0 saturated heterocycles. The second kappa shape index (κ2) is 12.1. The summed E-state index contributed by atoms with van der Waals surface area (Å²) in [5.41, 5.74) is 3.72. The van der Waals surface area contributed by atoms with Gasteiger partial charge in [0.2, 0.25) is 11.4 Å². The van der Waals surface area contributed by atoms with E-state index in [1.165, 1.54) is 16.0 Å². The largest absolute Gasteiger partial charge is 0.748 e. The lowest BCUT2D eigenvalue weighted by atomic mass is 10.0. The molecule has 0 aliphatic carbocycles. The van der Waals surface area contributed by atoms with Crippen LogP contribution < -0.4 is 14.2 Å². The Bertz CT molecular complexity index is 2380. The molecule has 0 amide bonds. The van der Waals surface area contributed by atoms with Crippen LogP contribution in [0.5, 0.6) is 5.75 Å². The zero-order chi connectivity index (χ0) is 32.1. The van der Waals surface area contributed by atoms with Gasteiger partial charge in [-0.15, -0.1) is 11.3 Å². The van der Waals surface area contributed by atoms with Gasteiger partial charge >= 0.3 is 0 Å². The zero-order valence-electron chi connectivity index (χ0n) is 24.3. The second-order valence-electron chi connectivity index (χ2n) is 11.0. The van der Waals surface area contributed by atoms with Crippen molar-refractivity contribution in [2.75, 3.05) is 23.0 Å². The van der Waals surface area contributed by atoms with E-state index < -0.39 is 31.7 Å². The monoisotopic (exact) mass is 691 g/mol. The van der Waals surface area contributed by atoms with Gasteiger partial charge < -0.3 is 18.7 Å². The van der Waals surface area contributed by atoms with Crippen molar-refractivity contribution < 1.29 is 35.2 Å². The van der Waals surface area contributed by atoms with E-state index in [1.54, 1.807) is 11.3 Å². The van der Waals surface area contributed by atoms with Crippen LogP contribution in [0.1, 0.15) is 17.8 Å². The summed E-state index contributed by atoms with van der Waals surface area (Å²) >= 11 is 3.16. The van der Waals surface area contributed by atoms with Crippen LogP contribution in [-0.4, -0.2) is 44.0 Å². The van der Waals surface area contributed by atoms with Gasteiger partial charge in [0, 0.05) is 40.1 Å². The lowest BCUT2D eigenvalue weighted by Crippen LogP contribution is -2.36. The van der Waals surface area contributed by atoms with E-state index >= 15 is 0 Å². The number of aromatic nitrogens is 1. The summed E-state index contributed by atoms with van der Waals surface area (Å²) in [6, 6.07) is 26.0. The van der Waals surface area contributed by atoms with Crippen LogP contribution in [0.3, 0.4) is 0 Å². The first-order chi connectivity index (χ1) is 22.0. The van der Waals surface area contributed by atoms with E-state index in [0.29, 0.717) is 11.6 Å². The predicted octanol–water partition coefficient (Wildman–Crippen LogP) is 6.29. The maximum atomic E-state index is 11.5. The summed E-state index contributed by atoms with van der Waals surface area (Å²) in [4.78, 5) is 1.88. The van der Waals surface area contributed by atoms with Crippen molar-refractivity contribution in [1.82, 2.24) is 0 Å². The molecule has 46 heavy (non-hydrogen) atoms. The molecule has 0 fully saturated rings. The minimum Gasteiger partial charge on any atom is -0.748 e. The topological polar surface area (TPSA) is 131 Å². The highest BCUT2D eigenvalue weighted by atomic mass is 32.2. The number of hydrogen-bond acceptors (Lipinski definition) is 10. The predicted molar refractivity (Wildman–Crippen MR) is 181 cm³/mol. The van der Waals surface area contributed by atoms with Gasteiger partial charge in [0.05, 0.1) is 37.4 Å². The number of rotatable bonds is 10. The Balaban J connectivity index is 1.33. The summed E-state index contributed by atoms with van der Waals surface area (Å²) in [5.74, 6) is 0.0387. The van der Waals surface area contributed by atoms with E-state index in [1.807, 2.05) is 82.3 Å². The molecule has 0 unspecified atom stereocenters. The molecule has 0 spiro atoms. The summed E-state index contributed by atoms with van der Waals surface area (Å²) in [6.45, 7) is 0.502. The van der Waals surface area contributed by atoms with Crippen molar-refractivity contribution in [3.8, 4) is 16.9 Å². The van der Waals surface area contributed by atoms with Crippen molar-refractivity contribution >= 4 is 85.7 Å². The van der Waals surface area contributed by atoms with Crippen LogP contribution in [0.4, 0.5) is 5.69 Å². The number of ether oxygens (including phenoxy) is 1. The number of hydrogen-bond donors (Lipinski definition) is 0. The highest BCUT2D eigenvalue weighted by molar-refractivity contribution is 7.85. The van der Waals surface area contributed by atoms with Gasteiger partial charge in [-0.1, -0.05) is 59.9 Å². The molecule has 0 radical (unpaired) electrons. The van der Waals surface area contributed by atoms with Crippen LogP contribution in [-0.2, 0) is 26.8 Å². The molecule has 4 aromatic carbocycles. The number of aryl methyl sites for hydroxylation is 1. The maximum Gasteiger partial charge on any atom is 0.268 e. The van der Waals surface area contributed by atoms with Gasteiger partial charge in [0.25, 0.3) is 5.01 Å². The number of benzene rings is 4. The third-order valence-electron chi connectivity index (χ3n) is 7.94. The molecule has 2 aromatic heterocycles. The quantitative estimate of drug-likeness (QED) is 0.121. The first-order valence-electron chi connectivity index (χ1n) is 14.5. The Kier molecular flexibility index (Phi) is 8.07. The lowest BCUT2D eigenvalue weighted by Gasteiger charge is -2.19. The Morgan fingerprint density at radius 2 is 1.57 bits per heavy atom. The normalized spacial score (nSPS) is 14.5. The van der Waals surface area contributed by atoms with Crippen molar-refractivity contribution in [1.29, 1.82) is 0 Å². The highest BCUT2D eigenvalue weighted by Crippen LogP contribution is 2.44. The van der Waals surface area contributed by atoms with Crippen molar-refractivity contribution in [3.05, 3.63) is 95.1 Å². The maximum absolute atomic E-state index is 11.5. The standard InChI is InChI=1S/C33H28N2O7S4/c36-45(37,38)17-5-15-34-27-19-23(26-21-43-29-10-4-3-9-25(26)29)11-13-28(27)42-31(34)20-32-35(16-6-18-46(39,40)41)33-24-8-2-1-7-22(24)12-14-30(33)44-32/h1-4,7-14,19-21H,5-6,15-18H2,(H-,36,37,38,39,40,41)/p-1. The number of anilines is 1. The number of nitrogens with zero attached hydrogens (tertiary/aromatic N) is 2. The van der Waals surface area contributed by atoms with Crippen molar-refractivity contribution in [2.45, 2.75) is 19.4 Å². The molecule has 0 bridgehead atoms. The smallest absolute Gasteiger partial charge is 0.268 e. The van der Waals surface area contributed by atoms with Gasteiger partial charge in [0.1, 0.15) is 4.70 Å². The van der Waals surface area contributed by atoms with E-state index in [9.17, 15) is 25.9 Å². The molecule has 6 aromatic rings. The van der Waals surface area contributed by atoms with Crippen molar-refractivity contribution in [3.63, 3.8) is 0 Å². The fraction of sp³-hybridized carbons (Fsp3) is 0.182. The van der Waals surface area contributed by atoms with E-state index in [0.717, 1.165) is 48.2 Å². The van der Waals surface area contributed by atoms with E-state index in [4.69, 9.17) is 4.74 Å². The lowest BCUT2D eigenvalue weighted by molar-refractivity contribution is -0.667. The average Bonchev–Trinajstić information content (AvgIpc) is 3.69. The third kappa shape index (κ3) is 6.26. The summed E-state index contributed by atoms with van der Waals surface area (Å²) in [6.07, 6.45) is 2.08. The number of thiophene rings is 1. The fourth-order valence-corrected chi connectivity index (χ4v) is 8.98.